The largest absolute Gasteiger partial charge is 0.296 e. The van der Waals surface area contributed by atoms with Gasteiger partial charge in [-0.3, -0.25) is 14.9 Å². The van der Waals surface area contributed by atoms with E-state index in [-0.39, 0.29) is 23.6 Å². The van der Waals surface area contributed by atoms with Crippen LogP contribution in [-0.2, 0) is 6.54 Å². The van der Waals surface area contributed by atoms with Gasteiger partial charge in [0.1, 0.15) is 5.82 Å². The van der Waals surface area contributed by atoms with Gasteiger partial charge in [0.2, 0.25) is 0 Å². The number of hydrogen-bond donors (Lipinski definition) is 1. The molecular weight excluding hydrogens is 451 g/mol. The number of nitrogens with zero attached hydrogens (tertiary/aromatic N) is 3. The summed E-state index contributed by atoms with van der Waals surface area (Å²) in [6.07, 6.45) is 0. The van der Waals surface area contributed by atoms with E-state index in [1.165, 1.54) is 28.2 Å². The minimum absolute atomic E-state index is 0.141. The lowest BCUT2D eigenvalue weighted by molar-refractivity contribution is 0.102. The molecule has 0 aliphatic carbocycles. The number of amides is 1. The number of carbonyl (C=O) groups is 1. The molecule has 0 saturated carbocycles. The predicted molar refractivity (Wildman–Crippen MR) is 132 cm³/mol. The molecule has 0 spiro atoms. The van der Waals surface area contributed by atoms with Crippen LogP contribution in [0.1, 0.15) is 20.9 Å². The second kappa shape index (κ2) is 8.99. The first-order valence-corrected chi connectivity index (χ1v) is 11.4. The van der Waals surface area contributed by atoms with Crippen molar-refractivity contribution >= 4 is 33.1 Å². The van der Waals surface area contributed by atoms with E-state index in [1.807, 2.05) is 37.3 Å². The Morgan fingerprint density at radius 2 is 1.65 bits per heavy atom. The highest BCUT2D eigenvalue weighted by Crippen LogP contribution is 2.31. The number of halogens is 1. The average molecular weight is 471 g/mol. The molecule has 3 aromatic carbocycles. The smallest absolute Gasteiger partial charge is 0.278 e. The van der Waals surface area contributed by atoms with Crippen molar-refractivity contribution in [1.29, 1.82) is 0 Å². The van der Waals surface area contributed by atoms with E-state index in [4.69, 9.17) is 0 Å². The summed E-state index contributed by atoms with van der Waals surface area (Å²) in [6, 6.07) is 22.5. The molecule has 2 aromatic heterocycles. The van der Waals surface area contributed by atoms with E-state index in [0.717, 1.165) is 16.0 Å². The lowest BCUT2D eigenvalue weighted by Crippen LogP contribution is -2.28. The van der Waals surface area contributed by atoms with Gasteiger partial charge >= 0.3 is 0 Å². The Bertz CT molecular complexity index is 1560. The van der Waals surface area contributed by atoms with E-state index < -0.39 is 5.91 Å². The van der Waals surface area contributed by atoms with Crippen molar-refractivity contribution in [3.8, 4) is 11.3 Å². The fraction of sp³-hybridized carbons (Fsp3) is 0.0769. The Morgan fingerprint density at radius 1 is 0.971 bits per heavy atom. The molecule has 5 aromatic rings. The van der Waals surface area contributed by atoms with Crippen LogP contribution in [0.15, 0.2) is 83.7 Å². The summed E-state index contributed by atoms with van der Waals surface area (Å²) in [4.78, 5) is 31.7. The van der Waals surface area contributed by atoms with Gasteiger partial charge in [0.15, 0.2) is 10.8 Å². The molecule has 0 radical (unpaired) electrons. The molecule has 0 fully saturated rings. The van der Waals surface area contributed by atoms with Crippen molar-refractivity contribution < 1.29 is 9.18 Å². The summed E-state index contributed by atoms with van der Waals surface area (Å²) in [5.74, 6) is -0.786. The molecule has 0 aliphatic heterocycles. The highest BCUT2D eigenvalue weighted by molar-refractivity contribution is 7.16. The van der Waals surface area contributed by atoms with Crippen LogP contribution in [0.5, 0.6) is 0 Å². The second-order valence-electron chi connectivity index (χ2n) is 7.73. The van der Waals surface area contributed by atoms with Gasteiger partial charge in [-0.2, -0.15) is 5.10 Å². The van der Waals surface area contributed by atoms with Gasteiger partial charge in [0.25, 0.3) is 11.5 Å². The van der Waals surface area contributed by atoms with E-state index in [1.54, 1.807) is 36.4 Å². The molecule has 8 heteroatoms. The van der Waals surface area contributed by atoms with Gasteiger partial charge in [0, 0.05) is 15.8 Å². The van der Waals surface area contributed by atoms with Crippen LogP contribution in [0.25, 0.3) is 22.0 Å². The molecule has 0 atom stereocenters. The molecule has 34 heavy (non-hydrogen) atoms. The fourth-order valence-corrected chi connectivity index (χ4v) is 4.58. The van der Waals surface area contributed by atoms with Crippen molar-refractivity contribution in [2.24, 2.45) is 0 Å². The monoisotopic (exact) mass is 470 g/mol. The first-order chi connectivity index (χ1) is 16.5. The number of fused-ring (bicyclic) bond motifs is 1. The van der Waals surface area contributed by atoms with Crippen molar-refractivity contribution in [2.45, 2.75) is 13.5 Å². The van der Waals surface area contributed by atoms with Crippen LogP contribution < -0.4 is 10.9 Å². The normalized spacial score (nSPS) is 11.0. The summed E-state index contributed by atoms with van der Waals surface area (Å²) >= 11 is 1.32. The molecule has 5 rings (SSSR count). The van der Waals surface area contributed by atoms with Gasteiger partial charge in [-0.1, -0.05) is 48.5 Å². The molecule has 2 heterocycles. The quantitative estimate of drug-likeness (QED) is 0.380. The molecule has 0 bridgehead atoms. The number of nitrogens with one attached hydrogen (secondary N) is 1. The molecule has 1 amide bonds. The Labute approximate surface area is 198 Å². The Hall–Kier alpha value is -4.17. The van der Waals surface area contributed by atoms with Gasteiger partial charge < -0.3 is 0 Å². The number of benzene rings is 3. The SMILES string of the molecule is Cc1sc(NC(=O)c2nn(Cc3ccccc3)c(=O)c3ccccc23)nc1-c1ccc(F)cc1. The second-order valence-corrected chi connectivity index (χ2v) is 8.93. The maximum atomic E-state index is 13.3. The predicted octanol–water partition coefficient (Wildman–Crippen LogP) is 5.27. The van der Waals surface area contributed by atoms with E-state index in [0.29, 0.717) is 21.6 Å². The summed E-state index contributed by atoms with van der Waals surface area (Å²) < 4.78 is 14.6. The zero-order chi connectivity index (χ0) is 23.7. The van der Waals surface area contributed by atoms with E-state index in [9.17, 15) is 14.0 Å². The first kappa shape index (κ1) is 21.7. The summed E-state index contributed by atoms with van der Waals surface area (Å²) in [6.45, 7) is 2.13. The van der Waals surface area contributed by atoms with Gasteiger partial charge in [0.05, 0.1) is 17.6 Å². The Kier molecular flexibility index (Phi) is 5.73. The van der Waals surface area contributed by atoms with Gasteiger partial charge in [-0.15, -0.1) is 11.3 Å². The van der Waals surface area contributed by atoms with E-state index in [2.05, 4.69) is 15.4 Å². The zero-order valence-corrected chi connectivity index (χ0v) is 19.0. The number of thiazole rings is 1. The topological polar surface area (TPSA) is 76.9 Å². The van der Waals surface area contributed by atoms with Crippen LogP contribution in [0.3, 0.4) is 0 Å². The summed E-state index contributed by atoms with van der Waals surface area (Å²) in [5, 5.41) is 8.52. The lowest BCUT2D eigenvalue weighted by atomic mass is 10.1. The molecule has 0 aliphatic rings. The number of aryl methyl sites for hydroxylation is 1. The van der Waals surface area contributed by atoms with Crippen LogP contribution in [0.4, 0.5) is 9.52 Å². The third-order valence-corrected chi connectivity index (χ3v) is 6.28. The van der Waals surface area contributed by atoms with Crippen LogP contribution in [-0.4, -0.2) is 20.7 Å². The minimum Gasteiger partial charge on any atom is -0.296 e. The molecule has 0 saturated heterocycles. The Balaban J connectivity index is 1.51. The number of hydrogen-bond acceptors (Lipinski definition) is 5. The highest BCUT2D eigenvalue weighted by Gasteiger charge is 2.19. The highest BCUT2D eigenvalue weighted by atomic mass is 32.1. The zero-order valence-electron chi connectivity index (χ0n) is 18.2. The fourth-order valence-electron chi connectivity index (χ4n) is 3.75. The summed E-state index contributed by atoms with van der Waals surface area (Å²) in [5.41, 5.74) is 2.21. The molecule has 1 N–H and O–H groups in total. The van der Waals surface area contributed by atoms with Crippen molar-refractivity contribution in [1.82, 2.24) is 14.8 Å². The number of rotatable bonds is 5. The van der Waals surface area contributed by atoms with Crippen molar-refractivity contribution in [2.75, 3.05) is 5.32 Å². The summed E-state index contributed by atoms with van der Waals surface area (Å²) in [7, 11) is 0. The molecular formula is C26H19FN4O2S. The van der Waals surface area contributed by atoms with Gasteiger partial charge in [-0.25, -0.2) is 14.1 Å². The average Bonchev–Trinajstić information content (AvgIpc) is 3.21. The first-order valence-electron chi connectivity index (χ1n) is 10.6. The number of carbonyl (C=O) groups excluding carboxylic acids is 1. The third kappa shape index (κ3) is 4.23. The van der Waals surface area contributed by atoms with Crippen LogP contribution >= 0.6 is 11.3 Å². The number of anilines is 1. The maximum Gasteiger partial charge on any atom is 0.278 e. The van der Waals surface area contributed by atoms with Crippen molar-refractivity contribution in [3.63, 3.8) is 0 Å². The molecule has 168 valence electrons. The standard InChI is InChI=1S/C26H19FN4O2S/c1-16-22(18-11-13-19(27)14-12-18)28-26(34-16)29-24(32)23-20-9-5-6-10-21(20)25(33)31(30-23)15-17-7-3-2-4-8-17/h2-14H,15H2,1H3,(H,28,29,32). The van der Waals surface area contributed by atoms with Crippen LogP contribution in [0, 0.1) is 12.7 Å². The van der Waals surface area contributed by atoms with Gasteiger partial charge in [-0.05, 0) is 42.8 Å². The van der Waals surface area contributed by atoms with E-state index >= 15 is 0 Å². The molecule has 0 unspecified atom stereocenters. The minimum atomic E-state index is -0.461. The Morgan fingerprint density at radius 3 is 2.38 bits per heavy atom. The van der Waals surface area contributed by atoms with Crippen LogP contribution in [0.2, 0.25) is 0 Å². The maximum absolute atomic E-state index is 13.3. The third-order valence-electron chi connectivity index (χ3n) is 5.39. The number of aromatic nitrogens is 3. The molecule has 6 nitrogen and oxygen atoms in total. The van der Waals surface area contributed by atoms with Crippen molar-refractivity contribution in [3.05, 3.63) is 111 Å². The lowest BCUT2D eigenvalue weighted by Gasteiger charge is -2.11.